The first-order valence-corrected chi connectivity index (χ1v) is 12.4. The summed E-state index contributed by atoms with van der Waals surface area (Å²) in [6.45, 7) is 8.37. The molecular formula is C21H26F2O2Si. The molecule has 1 atom stereocenters. The van der Waals surface area contributed by atoms with Gasteiger partial charge in [0.05, 0.1) is 27.0 Å². The van der Waals surface area contributed by atoms with Crippen molar-refractivity contribution < 1.29 is 18.3 Å². The quantitative estimate of drug-likeness (QED) is 0.499. The van der Waals surface area contributed by atoms with Crippen molar-refractivity contribution in [2.24, 2.45) is 0 Å². The number of rotatable bonds is 7. The van der Waals surface area contributed by atoms with Crippen molar-refractivity contribution in [3.05, 3.63) is 65.7 Å². The molecule has 0 spiro atoms. The van der Waals surface area contributed by atoms with Crippen molar-refractivity contribution in [2.45, 2.75) is 44.8 Å². The third kappa shape index (κ3) is 4.79. The van der Waals surface area contributed by atoms with Crippen molar-refractivity contribution >= 4 is 19.2 Å². The van der Waals surface area contributed by atoms with Crippen LogP contribution >= 0.6 is 0 Å². The zero-order chi connectivity index (χ0) is 19.4. The highest BCUT2D eigenvalue weighted by molar-refractivity contribution is 6.88. The lowest BCUT2D eigenvalue weighted by molar-refractivity contribution is -0.146. The van der Waals surface area contributed by atoms with Gasteiger partial charge in [0.1, 0.15) is 0 Å². The number of esters is 1. The molecule has 0 heterocycles. The van der Waals surface area contributed by atoms with Crippen LogP contribution in [0.1, 0.15) is 30.4 Å². The number of ether oxygens (including phenoxy) is 1. The third-order valence-corrected chi connectivity index (χ3v) is 6.52. The van der Waals surface area contributed by atoms with Crippen LogP contribution in [-0.4, -0.2) is 20.7 Å². The van der Waals surface area contributed by atoms with Gasteiger partial charge in [-0.3, -0.25) is 4.79 Å². The first-order chi connectivity index (χ1) is 12.2. The minimum Gasteiger partial charge on any atom is -0.466 e. The van der Waals surface area contributed by atoms with E-state index in [0.717, 1.165) is 5.19 Å². The van der Waals surface area contributed by atoms with Gasteiger partial charge in [-0.15, -0.1) is 0 Å². The Morgan fingerprint density at radius 2 is 1.62 bits per heavy atom. The predicted octanol–water partition coefficient (Wildman–Crippen LogP) is 5.06. The topological polar surface area (TPSA) is 26.3 Å². The monoisotopic (exact) mass is 376 g/mol. The van der Waals surface area contributed by atoms with Gasteiger partial charge < -0.3 is 4.74 Å². The second-order valence-electron chi connectivity index (χ2n) is 7.42. The van der Waals surface area contributed by atoms with Crippen molar-refractivity contribution in [2.75, 3.05) is 6.61 Å². The van der Waals surface area contributed by atoms with Gasteiger partial charge in [0.15, 0.2) is 0 Å². The summed E-state index contributed by atoms with van der Waals surface area (Å²) in [5.41, 5.74) is 0.359. The molecule has 2 aromatic carbocycles. The Morgan fingerprint density at radius 3 is 2.12 bits per heavy atom. The third-order valence-electron chi connectivity index (χ3n) is 4.45. The van der Waals surface area contributed by atoms with Crippen LogP contribution in [-0.2, 0) is 15.5 Å². The lowest BCUT2D eigenvalue weighted by Gasteiger charge is -2.28. The molecule has 0 amide bonds. The molecule has 0 aliphatic carbocycles. The minimum atomic E-state index is -3.17. The molecule has 0 fully saturated rings. The van der Waals surface area contributed by atoms with Crippen LogP contribution in [0.2, 0.25) is 19.6 Å². The van der Waals surface area contributed by atoms with E-state index in [1.54, 1.807) is 49.4 Å². The SMILES string of the molecule is CCOC(=O)CC(c1ccccc1)C(F)(F)c1ccc([Si](C)(C)C)cc1. The van der Waals surface area contributed by atoms with Crippen molar-refractivity contribution in [3.63, 3.8) is 0 Å². The Morgan fingerprint density at radius 1 is 1.04 bits per heavy atom. The molecule has 0 aliphatic heterocycles. The number of hydrogen-bond acceptors (Lipinski definition) is 2. The fourth-order valence-corrected chi connectivity index (χ4v) is 4.09. The lowest BCUT2D eigenvalue weighted by atomic mass is 9.85. The minimum absolute atomic E-state index is 0.0716. The maximum atomic E-state index is 15.3. The summed E-state index contributed by atoms with van der Waals surface area (Å²) < 4.78 is 35.6. The van der Waals surface area contributed by atoms with E-state index < -0.39 is 25.9 Å². The maximum absolute atomic E-state index is 15.3. The van der Waals surface area contributed by atoms with Crippen LogP contribution in [0.4, 0.5) is 8.78 Å². The van der Waals surface area contributed by atoms with Crippen molar-refractivity contribution in [3.8, 4) is 0 Å². The van der Waals surface area contributed by atoms with E-state index in [9.17, 15) is 4.79 Å². The maximum Gasteiger partial charge on any atom is 0.306 e. The molecule has 5 heteroatoms. The molecule has 2 aromatic rings. The standard InChI is InChI=1S/C21H26F2O2Si/c1-5-25-20(24)15-19(16-9-7-6-8-10-16)21(22,23)17-11-13-18(14-12-17)26(2,3)4/h6-14,19H,5,15H2,1-4H3. The van der Waals surface area contributed by atoms with Gasteiger partial charge in [-0.1, -0.05) is 79.4 Å². The Kier molecular flexibility index (Phi) is 6.34. The molecule has 2 rings (SSSR count). The molecule has 0 aliphatic rings. The van der Waals surface area contributed by atoms with Crippen LogP contribution in [0, 0.1) is 0 Å². The highest BCUT2D eigenvalue weighted by Crippen LogP contribution is 2.44. The zero-order valence-corrected chi connectivity index (χ0v) is 16.8. The summed E-state index contributed by atoms with van der Waals surface area (Å²) in [5.74, 6) is -5.05. The highest BCUT2D eigenvalue weighted by Gasteiger charge is 2.43. The normalized spacial score (nSPS) is 13.3. The summed E-state index contributed by atoms with van der Waals surface area (Å²) >= 11 is 0. The average Bonchev–Trinajstić information content (AvgIpc) is 2.60. The van der Waals surface area contributed by atoms with Gasteiger partial charge in [0.2, 0.25) is 0 Å². The molecule has 2 nitrogen and oxygen atoms in total. The zero-order valence-electron chi connectivity index (χ0n) is 15.8. The van der Waals surface area contributed by atoms with E-state index in [0.29, 0.717) is 5.56 Å². The fourth-order valence-electron chi connectivity index (χ4n) is 2.92. The van der Waals surface area contributed by atoms with Gasteiger partial charge in [-0.2, -0.15) is 0 Å². The number of alkyl halides is 2. The first-order valence-electron chi connectivity index (χ1n) is 8.85. The van der Waals surface area contributed by atoms with E-state index in [2.05, 4.69) is 19.6 Å². The molecule has 26 heavy (non-hydrogen) atoms. The molecule has 0 saturated carbocycles. The molecule has 0 bridgehead atoms. The molecular weight excluding hydrogens is 350 g/mol. The lowest BCUT2D eigenvalue weighted by Crippen LogP contribution is -2.37. The molecule has 0 radical (unpaired) electrons. The molecule has 0 saturated heterocycles. The molecule has 0 N–H and O–H groups in total. The fraction of sp³-hybridized carbons (Fsp3) is 0.381. The van der Waals surface area contributed by atoms with Gasteiger partial charge >= 0.3 is 5.97 Å². The van der Waals surface area contributed by atoms with E-state index in [-0.39, 0.29) is 18.6 Å². The van der Waals surface area contributed by atoms with Crippen molar-refractivity contribution in [1.29, 1.82) is 0 Å². The van der Waals surface area contributed by atoms with E-state index in [1.165, 1.54) is 12.1 Å². The Balaban J connectivity index is 2.39. The summed E-state index contributed by atoms with van der Waals surface area (Å²) in [4.78, 5) is 11.9. The van der Waals surface area contributed by atoms with Crippen LogP contribution in [0.25, 0.3) is 0 Å². The van der Waals surface area contributed by atoms with Crippen LogP contribution in [0.5, 0.6) is 0 Å². The molecule has 0 aromatic heterocycles. The summed E-state index contributed by atoms with van der Waals surface area (Å²) in [7, 11) is -1.56. The number of carbonyl (C=O) groups is 1. The van der Waals surface area contributed by atoms with Gasteiger partial charge in [-0.05, 0) is 12.5 Å². The second-order valence-corrected chi connectivity index (χ2v) is 12.5. The second kappa shape index (κ2) is 8.12. The van der Waals surface area contributed by atoms with E-state index in [1.807, 2.05) is 0 Å². The van der Waals surface area contributed by atoms with Crippen LogP contribution < -0.4 is 5.19 Å². The average molecular weight is 377 g/mol. The summed E-state index contributed by atoms with van der Waals surface area (Å²) in [5, 5.41) is 1.12. The Labute approximate surface area is 155 Å². The number of hydrogen-bond donors (Lipinski definition) is 0. The van der Waals surface area contributed by atoms with Gasteiger partial charge in [0, 0.05) is 5.56 Å². The number of carbonyl (C=O) groups excluding carboxylic acids is 1. The Hall–Kier alpha value is -2.01. The highest BCUT2D eigenvalue weighted by atomic mass is 28.3. The van der Waals surface area contributed by atoms with Crippen LogP contribution in [0.3, 0.4) is 0 Å². The van der Waals surface area contributed by atoms with E-state index in [4.69, 9.17) is 4.74 Å². The van der Waals surface area contributed by atoms with Crippen molar-refractivity contribution in [1.82, 2.24) is 0 Å². The summed E-state index contributed by atoms with van der Waals surface area (Å²) in [6, 6.07) is 15.0. The van der Waals surface area contributed by atoms with Gasteiger partial charge in [-0.25, -0.2) is 8.78 Å². The first kappa shape index (κ1) is 20.3. The Bertz CT molecular complexity index is 722. The number of benzene rings is 2. The van der Waals surface area contributed by atoms with E-state index >= 15 is 8.78 Å². The largest absolute Gasteiger partial charge is 0.466 e. The smallest absolute Gasteiger partial charge is 0.306 e. The van der Waals surface area contributed by atoms with Crippen LogP contribution in [0.15, 0.2) is 54.6 Å². The molecule has 140 valence electrons. The summed E-state index contributed by atoms with van der Waals surface area (Å²) in [6.07, 6.45) is -0.360. The number of halogens is 2. The molecule has 1 unspecified atom stereocenters. The predicted molar refractivity (Wildman–Crippen MR) is 104 cm³/mol. The van der Waals surface area contributed by atoms with Gasteiger partial charge in [0.25, 0.3) is 5.92 Å².